The van der Waals surface area contributed by atoms with E-state index in [0.717, 1.165) is 43.1 Å². The van der Waals surface area contributed by atoms with Crippen molar-refractivity contribution in [2.24, 2.45) is 0 Å². The summed E-state index contributed by atoms with van der Waals surface area (Å²) < 4.78 is 1.81. The van der Waals surface area contributed by atoms with Gasteiger partial charge >= 0.3 is 0 Å². The predicted molar refractivity (Wildman–Crippen MR) is 100 cm³/mol. The predicted octanol–water partition coefficient (Wildman–Crippen LogP) is 2.16. The summed E-state index contributed by atoms with van der Waals surface area (Å²) in [6.07, 6.45) is 7.70. The van der Waals surface area contributed by atoms with Crippen LogP contribution in [0.3, 0.4) is 0 Å². The Morgan fingerprint density at radius 2 is 1.65 bits per heavy atom. The summed E-state index contributed by atoms with van der Waals surface area (Å²) in [6.45, 7) is 3.18. The largest absolute Gasteiger partial charge is 0.368 e. The summed E-state index contributed by atoms with van der Waals surface area (Å²) in [5, 5.41) is 4.37. The Morgan fingerprint density at radius 3 is 2.38 bits per heavy atom. The zero-order valence-electron chi connectivity index (χ0n) is 14.5. The van der Waals surface area contributed by atoms with Crippen LogP contribution >= 0.6 is 0 Å². The number of pyridine rings is 1. The second-order valence-corrected chi connectivity index (χ2v) is 6.38. The van der Waals surface area contributed by atoms with Crippen LogP contribution in [0.15, 0.2) is 67.3 Å². The number of carbonyl (C=O) groups excluding carboxylic acids is 1. The first kappa shape index (κ1) is 16.3. The molecular weight excluding hydrogens is 326 g/mol. The van der Waals surface area contributed by atoms with Gasteiger partial charge in [0.25, 0.3) is 0 Å². The molecule has 1 saturated heterocycles. The van der Waals surface area contributed by atoms with E-state index in [1.807, 2.05) is 58.2 Å². The Hall–Kier alpha value is -3.15. The van der Waals surface area contributed by atoms with Gasteiger partial charge in [-0.25, -0.2) is 4.68 Å². The number of nitrogens with zero attached hydrogens (tertiary/aromatic N) is 5. The third-order valence-electron chi connectivity index (χ3n) is 4.67. The molecule has 1 aromatic carbocycles. The first-order valence-corrected chi connectivity index (χ1v) is 8.81. The highest BCUT2D eigenvalue weighted by molar-refractivity contribution is 5.79. The van der Waals surface area contributed by atoms with Crippen molar-refractivity contribution in [3.05, 3.63) is 72.8 Å². The van der Waals surface area contributed by atoms with Crippen LogP contribution in [0.5, 0.6) is 0 Å². The summed E-state index contributed by atoms with van der Waals surface area (Å²) in [5.41, 5.74) is 3.10. The van der Waals surface area contributed by atoms with Gasteiger partial charge in [-0.05, 0) is 29.8 Å². The number of amides is 1. The van der Waals surface area contributed by atoms with Crippen molar-refractivity contribution in [1.29, 1.82) is 0 Å². The molecule has 0 aliphatic carbocycles. The van der Waals surface area contributed by atoms with Crippen LogP contribution in [0, 0.1) is 0 Å². The van der Waals surface area contributed by atoms with Crippen LogP contribution in [-0.2, 0) is 11.2 Å². The Morgan fingerprint density at radius 1 is 0.923 bits per heavy atom. The zero-order valence-corrected chi connectivity index (χ0v) is 14.5. The fraction of sp³-hybridized carbons (Fsp3) is 0.250. The van der Waals surface area contributed by atoms with Crippen LogP contribution in [0.2, 0.25) is 0 Å². The monoisotopic (exact) mass is 347 g/mol. The summed E-state index contributed by atoms with van der Waals surface area (Å²) in [4.78, 5) is 20.9. The van der Waals surface area contributed by atoms with E-state index in [-0.39, 0.29) is 5.91 Å². The van der Waals surface area contributed by atoms with Gasteiger partial charge in [0.05, 0.1) is 18.3 Å². The van der Waals surface area contributed by atoms with E-state index in [2.05, 4.69) is 15.0 Å². The highest BCUT2D eigenvalue weighted by atomic mass is 16.2. The fourth-order valence-electron chi connectivity index (χ4n) is 3.23. The van der Waals surface area contributed by atoms with Crippen molar-refractivity contribution in [3.8, 4) is 5.69 Å². The summed E-state index contributed by atoms with van der Waals surface area (Å²) in [7, 11) is 0. The van der Waals surface area contributed by atoms with Gasteiger partial charge in [-0.3, -0.25) is 9.78 Å². The first-order valence-electron chi connectivity index (χ1n) is 8.81. The molecule has 26 heavy (non-hydrogen) atoms. The third-order valence-corrected chi connectivity index (χ3v) is 4.67. The van der Waals surface area contributed by atoms with E-state index >= 15 is 0 Å². The fourth-order valence-corrected chi connectivity index (χ4v) is 3.23. The van der Waals surface area contributed by atoms with Gasteiger partial charge in [-0.2, -0.15) is 5.10 Å². The van der Waals surface area contributed by atoms with Crippen LogP contribution < -0.4 is 4.90 Å². The number of piperazine rings is 1. The Bertz CT molecular complexity index is 854. The van der Waals surface area contributed by atoms with Gasteiger partial charge in [-0.1, -0.05) is 18.2 Å². The lowest BCUT2D eigenvalue weighted by molar-refractivity contribution is -0.130. The molecule has 3 aromatic rings. The van der Waals surface area contributed by atoms with Gasteiger partial charge in [-0.15, -0.1) is 0 Å². The van der Waals surface area contributed by atoms with Gasteiger partial charge in [0.1, 0.15) is 0 Å². The molecule has 0 unspecified atom stereocenters. The van der Waals surface area contributed by atoms with E-state index in [1.54, 1.807) is 18.6 Å². The number of para-hydroxylation sites is 1. The smallest absolute Gasteiger partial charge is 0.227 e. The van der Waals surface area contributed by atoms with Gasteiger partial charge in [0, 0.05) is 50.5 Å². The van der Waals surface area contributed by atoms with Crippen LogP contribution in [0.25, 0.3) is 5.69 Å². The van der Waals surface area contributed by atoms with Gasteiger partial charge in [0.15, 0.2) is 0 Å². The van der Waals surface area contributed by atoms with E-state index in [9.17, 15) is 4.79 Å². The summed E-state index contributed by atoms with van der Waals surface area (Å²) in [5.74, 6) is 0.159. The Kier molecular flexibility index (Phi) is 4.64. The van der Waals surface area contributed by atoms with Gasteiger partial charge < -0.3 is 9.80 Å². The number of aromatic nitrogens is 3. The third kappa shape index (κ3) is 3.59. The molecule has 1 fully saturated rings. The second kappa shape index (κ2) is 7.39. The Labute approximate surface area is 152 Å². The van der Waals surface area contributed by atoms with E-state index in [1.165, 1.54) is 0 Å². The molecule has 6 heteroatoms. The normalized spacial score (nSPS) is 14.5. The molecule has 4 rings (SSSR count). The summed E-state index contributed by atoms with van der Waals surface area (Å²) in [6, 6.07) is 13.9. The highest BCUT2D eigenvalue weighted by Crippen LogP contribution is 2.16. The van der Waals surface area contributed by atoms with Crippen molar-refractivity contribution in [2.45, 2.75) is 6.42 Å². The molecule has 0 N–H and O–H groups in total. The first-order chi connectivity index (χ1) is 12.8. The minimum atomic E-state index is 0.159. The Balaban J connectivity index is 1.34. The maximum atomic E-state index is 12.6. The average molecular weight is 347 g/mol. The summed E-state index contributed by atoms with van der Waals surface area (Å²) >= 11 is 0. The van der Waals surface area contributed by atoms with Crippen molar-refractivity contribution in [1.82, 2.24) is 19.7 Å². The van der Waals surface area contributed by atoms with E-state index < -0.39 is 0 Å². The van der Waals surface area contributed by atoms with Crippen molar-refractivity contribution < 1.29 is 4.79 Å². The maximum absolute atomic E-state index is 12.6. The quantitative estimate of drug-likeness (QED) is 0.726. The standard InChI is InChI=1S/C20H21N5O/c26-20(14-17-15-22-25(16-17)19-4-2-1-3-5-19)24-12-10-23(11-13-24)18-6-8-21-9-7-18/h1-9,15-16H,10-14H2. The number of benzene rings is 1. The SMILES string of the molecule is O=C(Cc1cnn(-c2ccccc2)c1)N1CCN(c2ccncc2)CC1. The van der Waals surface area contributed by atoms with Crippen LogP contribution in [0.4, 0.5) is 5.69 Å². The zero-order chi connectivity index (χ0) is 17.8. The molecule has 1 aliphatic rings. The molecule has 0 saturated carbocycles. The van der Waals surface area contributed by atoms with Crippen LogP contribution in [-0.4, -0.2) is 51.8 Å². The molecule has 0 atom stereocenters. The molecule has 0 radical (unpaired) electrons. The minimum Gasteiger partial charge on any atom is -0.368 e. The topological polar surface area (TPSA) is 54.3 Å². The molecule has 2 aromatic heterocycles. The van der Waals surface area contributed by atoms with Gasteiger partial charge in [0.2, 0.25) is 5.91 Å². The number of hydrogen-bond donors (Lipinski definition) is 0. The number of carbonyl (C=O) groups is 1. The molecule has 6 nitrogen and oxygen atoms in total. The van der Waals surface area contributed by atoms with E-state index in [4.69, 9.17) is 0 Å². The second-order valence-electron chi connectivity index (χ2n) is 6.38. The maximum Gasteiger partial charge on any atom is 0.227 e. The molecule has 3 heterocycles. The number of hydrogen-bond acceptors (Lipinski definition) is 4. The van der Waals surface area contributed by atoms with E-state index in [0.29, 0.717) is 6.42 Å². The minimum absolute atomic E-state index is 0.159. The number of anilines is 1. The molecule has 132 valence electrons. The van der Waals surface area contributed by atoms with Crippen molar-refractivity contribution >= 4 is 11.6 Å². The van der Waals surface area contributed by atoms with Crippen molar-refractivity contribution in [3.63, 3.8) is 0 Å². The lowest BCUT2D eigenvalue weighted by Crippen LogP contribution is -2.49. The lowest BCUT2D eigenvalue weighted by Gasteiger charge is -2.36. The lowest BCUT2D eigenvalue weighted by atomic mass is 10.2. The molecule has 0 spiro atoms. The highest BCUT2D eigenvalue weighted by Gasteiger charge is 2.21. The molecule has 0 bridgehead atoms. The van der Waals surface area contributed by atoms with Crippen LogP contribution in [0.1, 0.15) is 5.56 Å². The molecule has 1 amide bonds. The average Bonchev–Trinajstić information content (AvgIpc) is 3.18. The van der Waals surface area contributed by atoms with Crippen molar-refractivity contribution in [2.75, 3.05) is 31.1 Å². The number of rotatable bonds is 4. The molecular formula is C20H21N5O. The molecule has 1 aliphatic heterocycles.